The SMILES string of the molecule is CCOC1CCN(CC(=O)c2cc([N+](=O)[O-])c[nH]2)CC1. The van der Waals surface area contributed by atoms with Gasteiger partial charge >= 0.3 is 0 Å². The molecule has 7 nitrogen and oxygen atoms in total. The molecule has 0 saturated carbocycles. The third-order valence-electron chi connectivity index (χ3n) is 3.48. The summed E-state index contributed by atoms with van der Waals surface area (Å²) < 4.78 is 5.56. The van der Waals surface area contributed by atoms with E-state index in [0.717, 1.165) is 32.5 Å². The molecule has 0 radical (unpaired) electrons. The number of likely N-dealkylation sites (tertiary alicyclic amines) is 1. The lowest BCUT2D eigenvalue weighted by atomic mass is 10.1. The lowest BCUT2D eigenvalue weighted by molar-refractivity contribution is -0.384. The first-order valence-corrected chi connectivity index (χ1v) is 6.80. The van der Waals surface area contributed by atoms with Crippen molar-refractivity contribution in [3.05, 3.63) is 28.1 Å². The van der Waals surface area contributed by atoms with Crippen molar-refractivity contribution >= 4 is 11.5 Å². The van der Waals surface area contributed by atoms with Crippen LogP contribution in [0.4, 0.5) is 5.69 Å². The second kappa shape index (κ2) is 6.62. The minimum absolute atomic E-state index is 0.0802. The molecular formula is C13H19N3O4. The molecule has 1 N–H and O–H groups in total. The lowest BCUT2D eigenvalue weighted by Crippen LogP contribution is -2.39. The summed E-state index contributed by atoms with van der Waals surface area (Å²) in [6, 6.07) is 1.29. The van der Waals surface area contributed by atoms with Gasteiger partial charge < -0.3 is 9.72 Å². The van der Waals surface area contributed by atoms with E-state index in [9.17, 15) is 14.9 Å². The number of carbonyl (C=O) groups is 1. The summed E-state index contributed by atoms with van der Waals surface area (Å²) in [6.07, 6.45) is 3.38. The summed E-state index contributed by atoms with van der Waals surface area (Å²) in [5.74, 6) is -0.118. The highest BCUT2D eigenvalue weighted by Gasteiger charge is 2.22. The summed E-state index contributed by atoms with van der Waals surface area (Å²) in [6.45, 7) is 4.62. The molecule has 1 fully saturated rings. The smallest absolute Gasteiger partial charge is 0.287 e. The summed E-state index contributed by atoms with van der Waals surface area (Å²) in [5.41, 5.74) is 0.215. The molecule has 0 atom stereocenters. The first-order valence-electron chi connectivity index (χ1n) is 6.80. The zero-order valence-electron chi connectivity index (χ0n) is 11.5. The minimum atomic E-state index is -0.513. The van der Waals surface area contributed by atoms with Crippen LogP contribution in [0, 0.1) is 10.1 Å². The van der Waals surface area contributed by atoms with Crippen LogP contribution in [0.1, 0.15) is 30.3 Å². The predicted octanol–water partition coefficient (Wildman–Crippen LogP) is 1.61. The Balaban J connectivity index is 1.84. The number of carbonyl (C=O) groups excluding carboxylic acids is 1. The van der Waals surface area contributed by atoms with Crippen LogP contribution in [0.5, 0.6) is 0 Å². The summed E-state index contributed by atoms with van der Waals surface area (Å²) in [4.78, 5) is 26.8. The fraction of sp³-hybridized carbons (Fsp3) is 0.615. The molecule has 1 aromatic rings. The van der Waals surface area contributed by atoms with Crippen LogP contribution in [-0.2, 0) is 4.74 Å². The Morgan fingerprint density at radius 2 is 2.25 bits per heavy atom. The van der Waals surface area contributed by atoms with Crippen LogP contribution in [0.25, 0.3) is 0 Å². The molecular weight excluding hydrogens is 262 g/mol. The number of rotatable bonds is 6. The summed E-state index contributed by atoms with van der Waals surface area (Å²) in [5, 5.41) is 10.6. The van der Waals surface area contributed by atoms with Gasteiger partial charge in [0.15, 0.2) is 5.78 Å². The molecule has 7 heteroatoms. The molecule has 1 aliphatic heterocycles. The Bertz CT molecular complexity index is 478. The number of aromatic amines is 1. The normalized spacial score (nSPS) is 17.2. The van der Waals surface area contributed by atoms with Gasteiger partial charge in [0.05, 0.1) is 29.5 Å². The molecule has 1 aromatic heterocycles. The lowest BCUT2D eigenvalue weighted by Gasteiger charge is -2.30. The van der Waals surface area contributed by atoms with Gasteiger partial charge in [-0.1, -0.05) is 0 Å². The van der Waals surface area contributed by atoms with Gasteiger partial charge in [-0.15, -0.1) is 0 Å². The quantitative estimate of drug-likeness (QED) is 0.486. The third-order valence-corrected chi connectivity index (χ3v) is 3.48. The van der Waals surface area contributed by atoms with Crippen molar-refractivity contribution in [1.82, 2.24) is 9.88 Å². The molecule has 0 aromatic carbocycles. The van der Waals surface area contributed by atoms with E-state index >= 15 is 0 Å². The fourth-order valence-corrected chi connectivity index (χ4v) is 2.41. The van der Waals surface area contributed by atoms with Crippen molar-refractivity contribution in [2.24, 2.45) is 0 Å². The predicted molar refractivity (Wildman–Crippen MR) is 72.9 cm³/mol. The Kier molecular flexibility index (Phi) is 4.86. The van der Waals surface area contributed by atoms with Gasteiger partial charge in [0.2, 0.25) is 0 Å². The minimum Gasteiger partial charge on any atom is -0.378 e. The van der Waals surface area contributed by atoms with Crippen LogP contribution in [-0.4, -0.2) is 52.9 Å². The molecule has 1 saturated heterocycles. The van der Waals surface area contributed by atoms with E-state index in [1.165, 1.54) is 12.3 Å². The topological polar surface area (TPSA) is 88.5 Å². The molecule has 0 spiro atoms. The van der Waals surface area contributed by atoms with Gasteiger partial charge in [-0.05, 0) is 19.8 Å². The van der Waals surface area contributed by atoms with E-state index < -0.39 is 4.92 Å². The van der Waals surface area contributed by atoms with Crippen molar-refractivity contribution in [2.75, 3.05) is 26.2 Å². The first kappa shape index (κ1) is 14.7. The van der Waals surface area contributed by atoms with E-state index in [0.29, 0.717) is 5.69 Å². The standard InChI is InChI=1S/C13H19N3O4/c1-2-20-11-3-5-15(6-4-11)9-13(17)12-7-10(8-14-12)16(18)19/h7-8,11,14H,2-6,9H2,1H3. The van der Waals surface area contributed by atoms with Crippen molar-refractivity contribution in [1.29, 1.82) is 0 Å². The Hall–Kier alpha value is -1.73. The van der Waals surface area contributed by atoms with Gasteiger partial charge in [0, 0.05) is 25.8 Å². The van der Waals surface area contributed by atoms with Crippen molar-refractivity contribution in [2.45, 2.75) is 25.9 Å². The van der Waals surface area contributed by atoms with Gasteiger partial charge in [-0.3, -0.25) is 19.8 Å². The number of ether oxygens (including phenoxy) is 1. The van der Waals surface area contributed by atoms with Gasteiger partial charge in [0.1, 0.15) is 0 Å². The monoisotopic (exact) mass is 281 g/mol. The van der Waals surface area contributed by atoms with Crippen LogP contribution in [0.15, 0.2) is 12.3 Å². The Labute approximate surface area is 117 Å². The van der Waals surface area contributed by atoms with Crippen LogP contribution >= 0.6 is 0 Å². The van der Waals surface area contributed by atoms with Gasteiger partial charge in [-0.25, -0.2) is 0 Å². The Morgan fingerprint density at radius 3 is 2.80 bits per heavy atom. The maximum atomic E-state index is 12.0. The molecule has 110 valence electrons. The Morgan fingerprint density at radius 1 is 1.55 bits per heavy atom. The van der Waals surface area contributed by atoms with Gasteiger partial charge in [0.25, 0.3) is 5.69 Å². The molecule has 0 bridgehead atoms. The number of piperidine rings is 1. The number of aromatic nitrogens is 1. The number of H-pyrrole nitrogens is 1. The van der Waals surface area contributed by atoms with E-state index in [4.69, 9.17) is 4.74 Å². The zero-order chi connectivity index (χ0) is 14.5. The maximum Gasteiger partial charge on any atom is 0.287 e. The second-order valence-corrected chi connectivity index (χ2v) is 4.88. The van der Waals surface area contributed by atoms with Crippen LogP contribution in [0.2, 0.25) is 0 Å². The van der Waals surface area contributed by atoms with Gasteiger partial charge in [-0.2, -0.15) is 0 Å². The maximum absolute atomic E-state index is 12.0. The fourth-order valence-electron chi connectivity index (χ4n) is 2.41. The third kappa shape index (κ3) is 3.64. The molecule has 0 aliphatic carbocycles. The van der Waals surface area contributed by atoms with E-state index in [2.05, 4.69) is 9.88 Å². The summed E-state index contributed by atoms with van der Waals surface area (Å²) >= 11 is 0. The number of ketones is 1. The number of Topliss-reactive ketones (excluding diaryl/α,β-unsaturated/α-hetero) is 1. The van der Waals surface area contributed by atoms with Crippen LogP contribution < -0.4 is 0 Å². The number of nitro groups is 1. The zero-order valence-corrected chi connectivity index (χ0v) is 11.5. The number of nitrogens with one attached hydrogen (secondary N) is 1. The second-order valence-electron chi connectivity index (χ2n) is 4.88. The first-order chi connectivity index (χ1) is 9.60. The molecule has 0 amide bonds. The number of nitrogens with zero attached hydrogens (tertiary/aromatic N) is 2. The number of hydrogen-bond donors (Lipinski definition) is 1. The molecule has 1 aliphatic rings. The highest BCUT2D eigenvalue weighted by molar-refractivity contribution is 5.96. The van der Waals surface area contributed by atoms with Crippen molar-refractivity contribution in [3.8, 4) is 0 Å². The van der Waals surface area contributed by atoms with Crippen LogP contribution in [0.3, 0.4) is 0 Å². The molecule has 2 heterocycles. The van der Waals surface area contributed by atoms with E-state index in [1.54, 1.807) is 0 Å². The van der Waals surface area contributed by atoms with E-state index in [-0.39, 0.29) is 24.1 Å². The highest BCUT2D eigenvalue weighted by atomic mass is 16.6. The highest BCUT2D eigenvalue weighted by Crippen LogP contribution is 2.16. The molecule has 2 rings (SSSR count). The molecule has 20 heavy (non-hydrogen) atoms. The van der Waals surface area contributed by atoms with Crippen molar-refractivity contribution in [3.63, 3.8) is 0 Å². The van der Waals surface area contributed by atoms with Crippen molar-refractivity contribution < 1.29 is 14.5 Å². The average Bonchev–Trinajstić information content (AvgIpc) is 2.91. The average molecular weight is 281 g/mol. The number of hydrogen-bond acceptors (Lipinski definition) is 5. The molecule has 0 unspecified atom stereocenters. The largest absolute Gasteiger partial charge is 0.378 e. The summed E-state index contributed by atoms with van der Waals surface area (Å²) in [7, 11) is 0. The van der Waals surface area contributed by atoms with E-state index in [1.807, 2.05) is 6.92 Å².